The van der Waals surface area contributed by atoms with E-state index in [9.17, 15) is 0 Å². The van der Waals surface area contributed by atoms with Crippen molar-refractivity contribution in [2.45, 2.75) is 37.0 Å². The van der Waals surface area contributed by atoms with Gasteiger partial charge in [-0.15, -0.1) is 0 Å². The summed E-state index contributed by atoms with van der Waals surface area (Å²) in [7, 11) is 0. The number of rotatable bonds is 3. The van der Waals surface area contributed by atoms with Gasteiger partial charge in [-0.1, -0.05) is 0 Å². The van der Waals surface area contributed by atoms with E-state index < -0.39 is 0 Å². The molecule has 3 rings (SSSR count). The van der Waals surface area contributed by atoms with Gasteiger partial charge in [-0.2, -0.15) is 11.8 Å². The molecule has 2 atom stereocenters. The highest BCUT2D eigenvalue weighted by atomic mass is 32.2. The predicted octanol–water partition coefficient (Wildman–Crippen LogP) is 1.57. The Hall–Kier alpha value is 0.270. The van der Waals surface area contributed by atoms with E-state index in [1.807, 2.05) is 0 Å². The van der Waals surface area contributed by atoms with Gasteiger partial charge in [0, 0.05) is 37.5 Å². The molecule has 0 radical (unpaired) electrons. The first-order valence-corrected chi connectivity index (χ1v) is 7.54. The lowest BCUT2D eigenvalue weighted by Crippen LogP contribution is -2.52. The summed E-state index contributed by atoms with van der Waals surface area (Å²) < 4.78 is 0. The predicted molar refractivity (Wildman–Crippen MR) is 66.4 cm³/mol. The van der Waals surface area contributed by atoms with Crippen molar-refractivity contribution in [3.05, 3.63) is 0 Å². The molecule has 1 aliphatic carbocycles. The topological polar surface area (TPSA) is 15.3 Å². The Morgan fingerprint density at radius 2 is 2.20 bits per heavy atom. The summed E-state index contributed by atoms with van der Waals surface area (Å²) in [4.78, 5) is 2.71. The number of hydrogen-bond acceptors (Lipinski definition) is 3. The van der Waals surface area contributed by atoms with Crippen molar-refractivity contribution in [3.8, 4) is 0 Å². The van der Waals surface area contributed by atoms with Gasteiger partial charge in [-0.05, 0) is 37.4 Å². The summed E-state index contributed by atoms with van der Waals surface area (Å²) >= 11 is 2.20. The second-order valence-corrected chi connectivity index (χ2v) is 6.70. The molecule has 2 nitrogen and oxygen atoms in total. The largest absolute Gasteiger partial charge is 0.311 e. The fourth-order valence-corrected chi connectivity index (χ4v) is 4.21. The molecule has 3 fully saturated rings. The minimum atomic E-state index is 0.824. The van der Waals surface area contributed by atoms with Crippen LogP contribution < -0.4 is 5.32 Å². The Kier molecular flexibility index (Phi) is 3.23. The van der Waals surface area contributed by atoms with Crippen LogP contribution in [-0.2, 0) is 0 Å². The van der Waals surface area contributed by atoms with Gasteiger partial charge in [0.1, 0.15) is 0 Å². The third kappa shape index (κ3) is 2.69. The van der Waals surface area contributed by atoms with Crippen LogP contribution in [0.15, 0.2) is 0 Å². The van der Waals surface area contributed by atoms with Crippen molar-refractivity contribution in [3.63, 3.8) is 0 Å². The van der Waals surface area contributed by atoms with E-state index in [0.717, 1.165) is 17.2 Å². The first-order valence-electron chi connectivity index (χ1n) is 6.49. The van der Waals surface area contributed by atoms with Crippen LogP contribution >= 0.6 is 11.8 Å². The third-order valence-electron chi connectivity index (χ3n) is 3.97. The quantitative estimate of drug-likeness (QED) is 0.786. The SMILES string of the molecule is C1CSC(CN2CCNC(C3CC3)C2)C1. The van der Waals surface area contributed by atoms with Crippen LogP contribution in [0.2, 0.25) is 0 Å². The average Bonchev–Trinajstić information content (AvgIpc) is 3.00. The smallest absolute Gasteiger partial charge is 0.0223 e. The number of nitrogens with zero attached hydrogens (tertiary/aromatic N) is 1. The lowest BCUT2D eigenvalue weighted by atomic mass is 10.1. The number of piperazine rings is 1. The zero-order valence-electron chi connectivity index (χ0n) is 9.45. The summed E-state index contributed by atoms with van der Waals surface area (Å²) in [5, 5.41) is 4.63. The van der Waals surface area contributed by atoms with Gasteiger partial charge >= 0.3 is 0 Å². The van der Waals surface area contributed by atoms with Crippen LogP contribution in [0.25, 0.3) is 0 Å². The molecule has 2 saturated heterocycles. The van der Waals surface area contributed by atoms with Crippen molar-refractivity contribution >= 4 is 11.8 Å². The lowest BCUT2D eigenvalue weighted by molar-refractivity contribution is 0.189. The molecular formula is C12H22N2S. The Bertz CT molecular complexity index is 210. The maximum absolute atomic E-state index is 3.69. The van der Waals surface area contributed by atoms with Gasteiger partial charge in [0.25, 0.3) is 0 Å². The summed E-state index contributed by atoms with van der Waals surface area (Å²) in [6.07, 6.45) is 5.86. The molecule has 0 amide bonds. The van der Waals surface area contributed by atoms with E-state index in [1.165, 1.54) is 57.6 Å². The number of hydrogen-bond donors (Lipinski definition) is 1. The van der Waals surface area contributed by atoms with E-state index in [2.05, 4.69) is 22.0 Å². The molecule has 2 heterocycles. The van der Waals surface area contributed by atoms with Crippen molar-refractivity contribution in [1.29, 1.82) is 0 Å². The fraction of sp³-hybridized carbons (Fsp3) is 1.00. The normalized spacial score (nSPS) is 38.4. The molecular weight excluding hydrogens is 204 g/mol. The van der Waals surface area contributed by atoms with Crippen molar-refractivity contribution in [2.75, 3.05) is 31.9 Å². The summed E-state index contributed by atoms with van der Waals surface area (Å²) in [5.74, 6) is 2.42. The molecule has 0 aromatic rings. The molecule has 1 saturated carbocycles. The zero-order chi connectivity index (χ0) is 10.1. The van der Waals surface area contributed by atoms with Crippen molar-refractivity contribution < 1.29 is 0 Å². The molecule has 15 heavy (non-hydrogen) atoms. The van der Waals surface area contributed by atoms with Gasteiger partial charge in [-0.25, -0.2) is 0 Å². The number of nitrogens with one attached hydrogen (secondary N) is 1. The Morgan fingerprint density at radius 3 is 2.93 bits per heavy atom. The molecule has 1 N–H and O–H groups in total. The average molecular weight is 226 g/mol. The second-order valence-electron chi connectivity index (χ2n) is 5.29. The molecule has 3 heteroatoms. The molecule has 3 aliphatic rings. The maximum Gasteiger partial charge on any atom is 0.0223 e. The first-order chi connectivity index (χ1) is 7.42. The Morgan fingerprint density at radius 1 is 1.27 bits per heavy atom. The van der Waals surface area contributed by atoms with Crippen molar-refractivity contribution in [1.82, 2.24) is 10.2 Å². The monoisotopic (exact) mass is 226 g/mol. The Labute approximate surface area is 97.2 Å². The molecule has 0 aromatic heterocycles. The number of thioether (sulfide) groups is 1. The highest BCUT2D eigenvalue weighted by molar-refractivity contribution is 8.00. The molecule has 0 spiro atoms. The highest BCUT2D eigenvalue weighted by Crippen LogP contribution is 2.34. The summed E-state index contributed by atoms with van der Waals surface area (Å²) in [5.41, 5.74) is 0. The molecule has 86 valence electrons. The van der Waals surface area contributed by atoms with Gasteiger partial charge < -0.3 is 5.32 Å². The highest BCUT2D eigenvalue weighted by Gasteiger charge is 2.34. The van der Waals surface area contributed by atoms with Gasteiger partial charge in [0.2, 0.25) is 0 Å². The van der Waals surface area contributed by atoms with Crippen molar-refractivity contribution in [2.24, 2.45) is 5.92 Å². The standard InChI is InChI=1S/C12H22N2S/c1-2-11(15-7-1)8-14-6-5-13-12(9-14)10-3-4-10/h10-13H,1-9H2. The van der Waals surface area contributed by atoms with Gasteiger partial charge in [-0.3, -0.25) is 4.90 Å². The van der Waals surface area contributed by atoms with E-state index in [-0.39, 0.29) is 0 Å². The van der Waals surface area contributed by atoms with Crippen LogP contribution in [0.3, 0.4) is 0 Å². The van der Waals surface area contributed by atoms with Crippen LogP contribution in [0.4, 0.5) is 0 Å². The van der Waals surface area contributed by atoms with Crippen LogP contribution in [0.5, 0.6) is 0 Å². The second kappa shape index (κ2) is 4.64. The van der Waals surface area contributed by atoms with Crippen LogP contribution in [-0.4, -0.2) is 48.1 Å². The van der Waals surface area contributed by atoms with Crippen LogP contribution in [0.1, 0.15) is 25.7 Å². The maximum atomic E-state index is 3.69. The molecule has 2 unspecified atom stereocenters. The summed E-state index contributed by atoms with van der Waals surface area (Å²) in [6.45, 7) is 5.18. The van der Waals surface area contributed by atoms with Gasteiger partial charge in [0.05, 0.1) is 0 Å². The lowest BCUT2D eigenvalue weighted by Gasteiger charge is -2.35. The van der Waals surface area contributed by atoms with E-state index in [0.29, 0.717) is 0 Å². The fourth-order valence-electron chi connectivity index (χ4n) is 2.90. The van der Waals surface area contributed by atoms with E-state index in [4.69, 9.17) is 0 Å². The minimum Gasteiger partial charge on any atom is -0.311 e. The Balaban J connectivity index is 1.47. The van der Waals surface area contributed by atoms with Gasteiger partial charge in [0.15, 0.2) is 0 Å². The van der Waals surface area contributed by atoms with E-state index >= 15 is 0 Å². The molecule has 2 aliphatic heterocycles. The first kappa shape index (κ1) is 10.4. The summed E-state index contributed by atoms with van der Waals surface area (Å²) in [6, 6.07) is 0.824. The zero-order valence-corrected chi connectivity index (χ0v) is 10.3. The molecule has 0 bridgehead atoms. The van der Waals surface area contributed by atoms with E-state index in [1.54, 1.807) is 0 Å². The minimum absolute atomic E-state index is 0.824. The molecule has 0 aromatic carbocycles. The third-order valence-corrected chi connectivity index (χ3v) is 5.35. The van der Waals surface area contributed by atoms with Crippen LogP contribution in [0, 0.1) is 5.92 Å².